The zero-order valence-corrected chi connectivity index (χ0v) is 25.2. The Hall–Kier alpha value is -2.03. The Bertz CT molecular complexity index is 1170. The first kappa shape index (κ1) is 29.5. The van der Waals surface area contributed by atoms with E-state index in [-0.39, 0.29) is 64.9 Å². The van der Waals surface area contributed by atoms with E-state index in [0.29, 0.717) is 12.8 Å². The van der Waals surface area contributed by atoms with Crippen LogP contribution in [-0.4, -0.2) is 63.0 Å². The Kier molecular flexibility index (Phi) is 6.80. The van der Waals surface area contributed by atoms with Gasteiger partial charge in [-0.25, -0.2) is 0 Å². The summed E-state index contributed by atoms with van der Waals surface area (Å²) in [6.45, 7) is 14.3. The van der Waals surface area contributed by atoms with Crippen molar-refractivity contribution in [3.05, 3.63) is 23.8 Å². The number of ketones is 1. The van der Waals surface area contributed by atoms with Gasteiger partial charge in [0.25, 0.3) is 0 Å². The summed E-state index contributed by atoms with van der Waals surface area (Å²) in [5, 5.41) is 23.1. The highest BCUT2D eigenvalue weighted by Crippen LogP contribution is 2.72. The van der Waals surface area contributed by atoms with E-state index in [1.165, 1.54) is 13.8 Å². The third kappa shape index (κ3) is 3.99. The van der Waals surface area contributed by atoms with Crippen molar-refractivity contribution < 1.29 is 38.8 Å². The van der Waals surface area contributed by atoms with Crippen LogP contribution in [0.4, 0.5) is 0 Å². The van der Waals surface area contributed by atoms with Crippen LogP contribution in [-0.2, 0) is 28.6 Å². The van der Waals surface area contributed by atoms with Crippen molar-refractivity contribution in [3.8, 4) is 0 Å². The monoisotopic (exact) mass is 558 g/mol. The van der Waals surface area contributed by atoms with E-state index in [1.54, 1.807) is 32.9 Å². The van der Waals surface area contributed by atoms with Gasteiger partial charge in [-0.1, -0.05) is 32.4 Å². The van der Waals surface area contributed by atoms with Gasteiger partial charge in [0.05, 0.1) is 12.2 Å². The van der Waals surface area contributed by atoms with Gasteiger partial charge in [-0.05, 0) is 64.0 Å². The molecule has 0 aromatic heterocycles. The molecule has 5 aliphatic rings. The van der Waals surface area contributed by atoms with Gasteiger partial charge in [-0.2, -0.15) is 0 Å². The fourth-order valence-corrected chi connectivity index (χ4v) is 9.54. The van der Waals surface area contributed by atoms with Crippen molar-refractivity contribution >= 4 is 17.7 Å². The summed E-state index contributed by atoms with van der Waals surface area (Å²) in [5.41, 5.74) is -2.89. The summed E-state index contributed by atoms with van der Waals surface area (Å²) in [4.78, 5) is 36.2. The molecule has 11 unspecified atom stereocenters. The number of carbonyl (C=O) groups excluding carboxylic acids is 3. The minimum absolute atomic E-state index is 0.0116. The summed E-state index contributed by atoms with van der Waals surface area (Å²) < 4.78 is 18.1. The van der Waals surface area contributed by atoms with Gasteiger partial charge in [-0.15, -0.1) is 0 Å². The molecule has 4 fully saturated rings. The van der Waals surface area contributed by atoms with E-state index in [0.717, 1.165) is 18.4 Å². The molecule has 1 spiro atoms. The summed E-state index contributed by atoms with van der Waals surface area (Å²) in [5.74, 6) is -0.646. The van der Waals surface area contributed by atoms with Crippen molar-refractivity contribution in [2.75, 3.05) is 0 Å². The third-order valence-electron chi connectivity index (χ3n) is 12.0. The molecule has 1 saturated heterocycles. The summed E-state index contributed by atoms with van der Waals surface area (Å²) in [6.07, 6.45) is 7.03. The molecule has 222 valence electrons. The maximum Gasteiger partial charge on any atom is 0.303 e. The van der Waals surface area contributed by atoms with Crippen LogP contribution in [0.2, 0.25) is 0 Å². The first-order chi connectivity index (χ1) is 18.4. The molecule has 8 nitrogen and oxygen atoms in total. The number of ether oxygens (including phenoxy) is 3. The average Bonchev–Trinajstić information content (AvgIpc) is 3.06. The molecular weight excluding hydrogens is 512 g/mol. The normalized spacial score (nSPS) is 45.4. The maximum atomic E-state index is 12.3. The SMILES string of the molecule is CC(=O)OC1CC2=CC(=O)C=CC2(C)C2CCC3(C)C(CC(O)C34OC(CC(C)(O)C(C)(C)OC(C)=O)C4C)C12. The molecule has 2 N–H and O–H groups in total. The number of aliphatic hydroxyl groups excluding tert-OH is 1. The first-order valence-electron chi connectivity index (χ1n) is 14.8. The number of fused-ring (bicyclic) bond motifs is 6. The molecule has 0 aromatic carbocycles. The van der Waals surface area contributed by atoms with Crippen molar-refractivity contribution in [1.29, 1.82) is 0 Å². The molecule has 1 aliphatic heterocycles. The van der Waals surface area contributed by atoms with Gasteiger partial charge in [-0.3, -0.25) is 14.4 Å². The van der Waals surface area contributed by atoms with Crippen LogP contribution < -0.4 is 0 Å². The van der Waals surface area contributed by atoms with Crippen LogP contribution in [0.15, 0.2) is 23.8 Å². The van der Waals surface area contributed by atoms with E-state index in [4.69, 9.17) is 14.2 Å². The van der Waals surface area contributed by atoms with Gasteiger partial charge in [0.2, 0.25) is 0 Å². The minimum Gasteiger partial charge on any atom is -0.462 e. The quantitative estimate of drug-likeness (QED) is 0.485. The molecule has 0 aromatic rings. The number of aliphatic hydroxyl groups is 2. The first-order valence-corrected chi connectivity index (χ1v) is 14.8. The van der Waals surface area contributed by atoms with Gasteiger partial charge < -0.3 is 24.4 Å². The van der Waals surface area contributed by atoms with Crippen LogP contribution in [0, 0.1) is 34.5 Å². The number of allylic oxidation sites excluding steroid dienone is 3. The molecule has 0 radical (unpaired) electrons. The Balaban J connectivity index is 1.44. The van der Waals surface area contributed by atoms with Crippen LogP contribution in [0.3, 0.4) is 0 Å². The topological polar surface area (TPSA) is 119 Å². The molecule has 4 aliphatic carbocycles. The highest BCUT2D eigenvalue weighted by molar-refractivity contribution is 6.01. The van der Waals surface area contributed by atoms with Gasteiger partial charge in [0.1, 0.15) is 22.9 Å². The van der Waals surface area contributed by atoms with Crippen molar-refractivity contribution in [3.63, 3.8) is 0 Å². The molecule has 11 atom stereocenters. The predicted octanol–water partition coefficient (Wildman–Crippen LogP) is 4.06. The Morgan fingerprint density at radius 2 is 1.82 bits per heavy atom. The third-order valence-corrected chi connectivity index (χ3v) is 12.0. The fraction of sp³-hybridized carbons (Fsp3) is 0.781. The van der Waals surface area contributed by atoms with E-state index in [2.05, 4.69) is 20.8 Å². The van der Waals surface area contributed by atoms with E-state index >= 15 is 0 Å². The second-order valence-corrected chi connectivity index (χ2v) is 14.4. The number of hydrogen-bond acceptors (Lipinski definition) is 8. The average molecular weight is 559 g/mol. The van der Waals surface area contributed by atoms with Crippen LogP contribution in [0.1, 0.15) is 87.5 Å². The van der Waals surface area contributed by atoms with Crippen molar-refractivity contribution in [2.24, 2.45) is 34.5 Å². The van der Waals surface area contributed by atoms with Crippen LogP contribution >= 0.6 is 0 Å². The van der Waals surface area contributed by atoms with E-state index in [1.807, 2.05) is 6.08 Å². The molecule has 5 rings (SSSR count). The van der Waals surface area contributed by atoms with Gasteiger partial charge >= 0.3 is 11.9 Å². The van der Waals surface area contributed by atoms with Gasteiger partial charge in [0, 0.05) is 49.4 Å². The summed E-state index contributed by atoms with van der Waals surface area (Å²) in [6, 6.07) is 0. The molecule has 40 heavy (non-hydrogen) atoms. The fourth-order valence-electron chi connectivity index (χ4n) is 9.54. The molecule has 0 amide bonds. The largest absolute Gasteiger partial charge is 0.462 e. The van der Waals surface area contributed by atoms with Crippen molar-refractivity contribution in [1.82, 2.24) is 0 Å². The van der Waals surface area contributed by atoms with Crippen LogP contribution in [0.5, 0.6) is 0 Å². The molecule has 3 saturated carbocycles. The standard InChI is InChI=1S/C32H46O8/c1-17-25(16-31(8,37)28(4,5)39-19(3)34)40-32(17)26(36)15-23-27-22(10-12-30(23,32)7)29(6)11-9-21(35)13-20(29)14-24(27)38-18(2)33/h9,11,13,17,22-27,36-37H,10,12,14-16H2,1-8H3. The zero-order valence-electron chi connectivity index (χ0n) is 25.2. The second-order valence-electron chi connectivity index (χ2n) is 14.4. The maximum absolute atomic E-state index is 12.3. The lowest BCUT2D eigenvalue weighted by atomic mass is 9.45. The highest BCUT2D eigenvalue weighted by atomic mass is 16.6. The lowest BCUT2D eigenvalue weighted by Crippen LogP contribution is -2.72. The predicted molar refractivity (Wildman–Crippen MR) is 147 cm³/mol. The number of rotatable bonds is 5. The molecule has 8 heteroatoms. The lowest BCUT2D eigenvalue weighted by Gasteiger charge is -2.66. The highest BCUT2D eigenvalue weighted by Gasteiger charge is 2.76. The number of carbonyl (C=O) groups is 3. The second kappa shape index (κ2) is 9.23. The molecule has 0 bridgehead atoms. The van der Waals surface area contributed by atoms with E-state index in [9.17, 15) is 24.6 Å². The Morgan fingerprint density at radius 3 is 2.42 bits per heavy atom. The van der Waals surface area contributed by atoms with E-state index < -0.39 is 28.9 Å². The summed E-state index contributed by atoms with van der Waals surface area (Å²) >= 11 is 0. The summed E-state index contributed by atoms with van der Waals surface area (Å²) in [7, 11) is 0. The minimum atomic E-state index is -1.34. The lowest BCUT2D eigenvalue weighted by molar-refractivity contribution is -0.344. The van der Waals surface area contributed by atoms with Crippen molar-refractivity contribution in [2.45, 2.75) is 123 Å². The zero-order chi connectivity index (χ0) is 29.6. The number of esters is 2. The number of hydrogen-bond donors (Lipinski definition) is 2. The van der Waals surface area contributed by atoms with Gasteiger partial charge in [0.15, 0.2) is 5.78 Å². The van der Waals surface area contributed by atoms with Crippen LogP contribution in [0.25, 0.3) is 0 Å². The molecule has 1 heterocycles. The Labute approximate surface area is 237 Å². The smallest absolute Gasteiger partial charge is 0.303 e. The molecular formula is C32H46O8. The Morgan fingerprint density at radius 1 is 1.15 bits per heavy atom.